The van der Waals surface area contributed by atoms with Gasteiger partial charge in [-0.1, -0.05) is 0 Å². The van der Waals surface area contributed by atoms with Crippen molar-refractivity contribution in [3.05, 3.63) is 0 Å². The van der Waals surface area contributed by atoms with E-state index in [1.165, 1.54) is 25.9 Å². The van der Waals surface area contributed by atoms with Gasteiger partial charge in [0, 0.05) is 46.3 Å². The fraction of sp³-hybridized carbons (Fsp3) is 0.923. The number of nitrogens with one attached hydrogen (secondary N) is 1. The predicted octanol–water partition coefficient (Wildman–Crippen LogP) is 0.236. The van der Waals surface area contributed by atoms with E-state index < -0.39 is 0 Å². The molecular formula is C13H26N4O. The normalized spacial score (nSPS) is 25.0. The minimum absolute atomic E-state index is 0.656. The smallest absolute Gasteiger partial charge is 0.193 e. The van der Waals surface area contributed by atoms with Crippen molar-refractivity contribution in [3.63, 3.8) is 0 Å². The van der Waals surface area contributed by atoms with Gasteiger partial charge in [-0.05, 0) is 25.9 Å². The average molecular weight is 254 g/mol. The highest BCUT2D eigenvalue weighted by Gasteiger charge is 2.19. The summed E-state index contributed by atoms with van der Waals surface area (Å²) in [6.45, 7) is 7.47. The topological polar surface area (TPSA) is 40.1 Å². The Hall–Kier alpha value is -0.810. The van der Waals surface area contributed by atoms with E-state index in [4.69, 9.17) is 4.74 Å². The lowest BCUT2D eigenvalue weighted by atomic mass is 10.1. The Morgan fingerprint density at radius 2 is 2.33 bits per heavy atom. The van der Waals surface area contributed by atoms with Gasteiger partial charge in [-0.2, -0.15) is 0 Å². The number of rotatable bonds is 5. The third-order valence-corrected chi connectivity index (χ3v) is 3.79. The summed E-state index contributed by atoms with van der Waals surface area (Å²) in [6.07, 6.45) is 2.53. The maximum absolute atomic E-state index is 5.41. The summed E-state index contributed by atoms with van der Waals surface area (Å²) in [5.41, 5.74) is 0. The standard InChI is InChI=1S/C13H26N4O/c1-14-13(15-5-8-17-6-3-7-17)16(2)10-12-4-9-18-11-12/h12H,3-11H2,1-2H3,(H,14,15). The molecule has 2 fully saturated rings. The van der Waals surface area contributed by atoms with Crippen molar-refractivity contribution in [1.29, 1.82) is 0 Å². The first-order chi connectivity index (χ1) is 8.79. The highest BCUT2D eigenvalue weighted by atomic mass is 16.5. The quantitative estimate of drug-likeness (QED) is 0.563. The molecule has 1 N–H and O–H groups in total. The number of nitrogens with zero attached hydrogens (tertiary/aromatic N) is 3. The van der Waals surface area contributed by atoms with Crippen molar-refractivity contribution in [2.75, 3.05) is 60.0 Å². The Kier molecular flexibility index (Phi) is 5.26. The summed E-state index contributed by atoms with van der Waals surface area (Å²) >= 11 is 0. The zero-order valence-corrected chi connectivity index (χ0v) is 11.7. The molecule has 5 heteroatoms. The van der Waals surface area contributed by atoms with Crippen LogP contribution in [-0.4, -0.2) is 75.8 Å². The van der Waals surface area contributed by atoms with E-state index in [2.05, 4.69) is 27.2 Å². The Labute approximate surface area is 110 Å². The molecule has 0 saturated carbocycles. The van der Waals surface area contributed by atoms with Gasteiger partial charge in [0.25, 0.3) is 0 Å². The minimum Gasteiger partial charge on any atom is -0.381 e. The van der Waals surface area contributed by atoms with Crippen molar-refractivity contribution in [2.24, 2.45) is 10.9 Å². The first-order valence-corrected chi connectivity index (χ1v) is 7.01. The van der Waals surface area contributed by atoms with Gasteiger partial charge in [0.2, 0.25) is 0 Å². The van der Waals surface area contributed by atoms with Gasteiger partial charge < -0.3 is 19.9 Å². The molecular weight excluding hydrogens is 228 g/mol. The number of hydrogen-bond donors (Lipinski definition) is 1. The number of hydrogen-bond acceptors (Lipinski definition) is 3. The van der Waals surface area contributed by atoms with Crippen LogP contribution in [0, 0.1) is 5.92 Å². The zero-order valence-electron chi connectivity index (χ0n) is 11.7. The lowest BCUT2D eigenvalue weighted by molar-refractivity contribution is 0.179. The molecule has 2 aliphatic heterocycles. The van der Waals surface area contributed by atoms with E-state index in [1.54, 1.807) is 0 Å². The second-order valence-electron chi connectivity index (χ2n) is 5.28. The van der Waals surface area contributed by atoms with Crippen LogP contribution in [0.5, 0.6) is 0 Å². The maximum Gasteiger partial charge on any atom is 0.193 e. The number of guanidine groups is 1. The van der Waals surface area contributed by atoms with Crippen molar-refractivity contribution in [2.45, 2.75) is 12.8 Å². The molecule has 5 nitrogen and oxygen atoms in total. The first kappa shape index (κ1) is 13.6. The van der Waals surface area contributed by atoms with Crippen LogP contribution in [0.25, 0.3) is 0 Å². The molecule has 0 amide bonds. The molecule has 18 heavy (non-hydrogen) atoms. The molecule has 1 unspecified atom stereocenters. The molecule has 104 valence electrons. The molecule has 2 heterocycles. The second kappa shape index (κ2) is 6.95. The molecule has 2 aliphatic rings. The highest BCUT2D eigenvalue weighted by Crippen LogP contribution is 2.13. The van der Waals surface area contributed by atoms with Gasteiger partial charge in [0.15, 0.2) is 5.96 Å². The predicted molar refractivity (Wildman–Crippen MR) is 74.0 cm³/mol. The fourth-order valence-corrected chi connectivity index (χ4v) is 2.52. The lowest BCUT2D eigenvalue weighted by Crippen LogP contribution is -2.46. The summed E-state index contributed by atoms with van der Waals surface area (Å²) in [6, 6.07) is 0. The Morgan fingerprint density at radius 1 is 1.50 bits per heavy atom. The molecule has 2 rings (SSSR count). The molecule has 0 radical (unpaired) electrons. The number of likely N-dealkylation sites (tertiary alicyclic amines) is 1. The van der Waals surface area contributed by atoms with E-state index in [-0.39, 0.29) is 0 Å². The largest absolute Gasteiger partial charge is 0.381 e. The average Bonchev–Trinajstić information content (AvgIpc) is 2.79. The van der Waals surface area contributed by atoms with Crippen LogP contribution in [0.2, 0.25) is 0 Å². The summed E-state index contributed by atoms with van der Waals surface area (Å²) in [7, 11) is 3.96. The van der Waals surface area contributed by atoms with Gasteiger partial charge in [-0.3, -0.25) is 4.99 Å². The summed E-state index contributed by atoms with van der Waals surface area (Å²) < 4.78 is 5.41. The zero-order chi connectivity index (χ0) is 12.8. The molecule has 0 aliphatic carbocycles. The van der Waals surface area contributed by atoms with E-state index in [0.29, 0.717) is 5.92 Å². The van der Waals surface area contributed by atoms with Crippen molar-refractivity contribution >= 4 is 5.96 Å². The fourth-order valence-electron chi connectivity index (χ4n) is 2.52. The van der Waals surface area contributed by atoms with Crippen LogP contribution < -0.4 is 5.32 Å². The molecule has 2 saturated heterocycles. The van der Waals surface area contributed by atoms with Crippen LogP contribution in [0.4, 0.5) is 0 Å². The van der Waals surface area contributed by atoms with Gasteiger partial charge in [0.1, 0.15) is 0 Å². The van der Waals surface area contributed by atoms with Crippen LogP contribution in [0.15, 0.2) is 4.99 Å². The summed E-state index contributed by atoms with van der Waals surface area (Å²) in [5, 5.41) is 3.44. The van der Waals surface area contributed by atoms with Crippen LogP contribution in [0.1, 0.15) is 12.8 Å². The number of ether oxygens (including phenoxy) is 1. The molecule has 0 aromatic heterocycles. The first-order valence-electron chi connectivity index (χ1n) is 7.01. The van der Waals surface area contributed by atoms with Gasteiger partial charge >= 0.3 is 0 Å². The highest BCUT2D eigenvalue weighted by molar-refractivity contribution is 5.79. The van der Waals surface area contributed by atoms with E-state index in [1.807, 2.05) is 7.05 Å². The van der Waals surface area contributed by atoms with Gasteiger partial charge in [-0.25, -0.2) is 0 Å². The third kappa shape index (κ3) is 3.85. The molecule has 0 aromatic carbocycles. The Balaban J connectivity index is 1.65. The molecule has 0 spiro atoms. The Bertz CT molecular complexity index is 272. The van der Waals surface area contributed by atoms with E-state index >= 15 is 0 Å². The second-order valence-corrected chi connectivity index (χ2v) is 5.28. The van der Waals surface area contributed by atoms with Gasteiger partial charge in [-0.15, -0.1) is 0 Å². The molecule has 0 bridgehead atoms. The summed E-state index contributed by atoms with van der Waals surface area (Å²) in [4.78, 5) is 9.02. The van der Waals surface area contributed by atoms with E-state index in [9.17, 15) is 0 Å². The van der Waals surface area contributed by atoms with E-state index in [0.717, 1.165) is 38.8 Å². The van der Waals surface area contributed by atoms with Crippen LogP contribution in [0.3, 0.4) is 0 Å². The van der Waals surface area contributed by atoms with Crippen LogP contribution in [-0.2, 0) is 4.74 Å². The minimum atomic E-state index is 0.656. The van der Waals surface area contributed by atoms with Crippen molar-refractivity contribution in [1.82, 2.24) is 15.1 Å². The molecule has 1 atom stereocenters. The monoisotopic (exact) mass is 254 g/mol. The van der Waals surface area contributed by atoms with Crippen LogP contribution >= 0.6 is 0 Å². The SMILES string of the molecule is CN=C(NCCN1CCC1)N(C)CC1CCOC1. The maximum atomic E-state index is 5.41. The van der Waals surface area contributed by atoms with Gasteiger partial charge in [0.05, 0.1) is 6.61 Å². The van der Waals surface area contributed by atoms with Crippen molar-refractivity contribution < 1.29 is 4.74 Å². The van der Waals surface area contributed by atoms with Crippen molar-refractivity contribution in [3.8, 4) is 0 Å². The number of aliphatic imine (C=N–C) groups is 1. The summed E-state index contributed by atoms with van der Waals surface area (Å²) in [5.74, 6) is 1.66. The lowest BCUT2D eigenvalue weighted by Gasteiger charge is -2.31. The Morgan fingerprint density at radius 3 is 2.89 bits per heavy atom. The third-order valence-electron chi connectivity index (χ3n) is 3.79. The molecule has 0 aromatic rings.